The van der Waals surface area contributed by atoms with E-state index in [1.54, 1.807) is 7.11 Å². The van der Waals surface area contributed by atoms with Crippen LogP contribution in [0, 0.1) is 17.3 Å². The van der Waals surface area contributed by atoms with Gasteiger partial charge in [-0.25, -0.2) is 0 Å². The first-order valence-electron chi connectivity index (χ1n) is 7.24. The summed E-state index contributed by atoms with van der Waals surface area (Å²) >= 11 is 0. The van der Waals surface area contributed by atoms with Crippen LogP contribution in [0.15, 0.2) is 0 Å². The molecule has 0 saturated heterocycles. The Kier molecular flexibility index (Phi) is 5.39. The lowest BCUT2D eigenvalue weighted by atomic mass is 9.60. The van der Waals surface area contributed by atoms with Gasteiger partial charge in [-0.05, 0) is 31.1 Å². The lowest BCUT2D eigenvalue weighted by Gasteiger charge is -2.47. The lowest BCUT2D eigenvalue weighted by Crippen LogP contribution is -2.53. The molecular weight excluding hydrogens is 240 g/mol. The monoisotopic (exact) mass is 270 g/mol. The molecule has 19 heavy (non-hydrogen) atoms. The molecule has 0 heterocycles. The number of nitrogens with two attached hydrogens (primary N) is 1. The van der Waals surface area contributed by atoms with E-state index in [-0.39, 0.29) is 29.3 Å². The van der Waals surface area contributed by atoms with Gasteiger partial charge in [-0.15, -0.1) is 0 Å². The third kappa shape index (κ3) is 3.29. The SMILES string of the molecule is COCC(C)N(C)C(=O)C1CCC(N)C(C)C1(C)C. The molecule has 0 aromatic heterocycles. The highest BCUT2D eigenvalue weighted by molar-refractivity contribution is 5.80. The van der Waals surface area contributed by atoms with Crippen molar-refractivity contribution in [2.45, 2.75) is 52.6 Å². The molecule has 4 atom stereocenters. The predicted octanol–water partition coefficient (Wildman–Crippen LogP) is 1.88. The van der Waals surface area contributed by atoms with E-state index < -0.39 is 0 Å². The summed E-state index contributed by atoms with van der Waals surface area (Å²) in [5.41, 5.74) is 6.11. The van der Waals surface area contributed by atoms with Crippen molar-refractivity contribution in [2.75, 3.05) is 20.8 Å². The van der Waals surface area contributed by atoms with Crippen molar-refractivity contribution in [3.63, 3.8) is 0 Å². The van der Waals surface area contributed by atoms with Gasteiger partial charge in [0.25, 0.3) is 0 Å². The van der Waals surface area contributed by atoms with Crippen LogP contribution >= 0.6 is 0 Å². The average Bonchev–Trinajstić information content (AvgIpc) is 2.35. The highest BCUT2D eigenvalue weighted by Gasteiger charge is 2.46. The van der Waals surface area contributed by atoms with E-state index >= 15 is 0 Å². The molecule has 0 aromatic carbocycles. The van der Waals surface area contributed by atoms with Crippen molar-refractivity contribution < 1.29 is 9.53 Å². The number of carbonyl (C=O) groups is 1. The van der Waals surface area contributed by atoms with Gasteiger partial charge in [0.05, 0.1) is 12.6 Å². The standard InChI is InChI=1S/C15H30N2O2/c1-10(9-19-6)17(5)14(18)12-7-8-13(16)11(2)15(12,3)4/h10-13H,7-9,16H2,1-6H3. The van der Waals surface area contributed by atoms with Gasteiger partial charge < -0.3 is 15.4 Å². The van der Waals surface area contributed by atoms with Crippen molar-refractivity contribution in [1.29, 1.82) is 0 Å². The Morgan fingerprint density at radius 2 is 2.05 bits per heavy atom. The second-order valence-corrected chi connectivity index (χ2v) is 6.66. The van der Waals surface area contributed by atoms with E-state index in [9.17, 15) is 4.79 Å². The van der Waals surface area contributed by atoms with Gasteiger partial charge in [0, 0.05) is 26.1 Å². The number of rotatable bonds is 4. The molecule has 0 bridgehead atoms. The third-order valence-corrected chi connectivity index (χ3v) is 5.22. The summed E-state index contributed by atoms with van der Waals surface area (Å²) in [6.45, 7) is 9.11. The first-order chi connectivity index (χ1) is 8.73. The summed E-state index contributed by atoms with van der Waals surface area (Å²) in [4.78, 5) is 14.5. The van der Waals surface area contributed by atoms with E-state index in [2.05, 4.69) is 20.8 Å². The molecule has 0 radical (unpaired) electrons. The molecule has 112 valence electrons. The maximum atomic E-state index is 12.7. The number of likely N-dealkylation sites (N-methyl/N-ethyl adjacent to an activating group) is 1. The number of nitrogens with zero attached hydrogens (tertiary/aromatic N) is 1. The fraction of sp³-hybridized carbons (Fsp3) is 0.933. The van der Waals surface area contributed by atoms with Gasteiger partial charge in [-0.3, -0.25) is 4.79 Å². The van der Waals surface area contributed by atoms with Gasteiger partial charge in [0.2, 0.25) is 5.91 Å². The van der Waals surface area contributed by atoms with Crippen LogP contribution in [0.4, 0.5) is 0 Å². The zero-order valence-corrected chi connectivity index (χ0v) is 13.3. The van der Waals surface area contributed by atoms with Crippen LogP contribution in [0.2, 0.25) is 0 Å². The average molecular weight is 270 g/mol. The summed E-state index contributed by atoms with van der Waals surface area (Å²) < 4.78 is 5.14. The number of amides is 1. The van der Waals surface area contributed by atoms with Crippen molar-refractivity contribution >= 4 is 5.91 Å². The van der Waals surface area contributed by atoms with Gasteiger partial charge in [-0.2, -0.15) is 0 Å². The molecule has 4 nitrogen and oxygen atoms in total. The number of hydrogen-bond donors (Lipinski definition) is 1. The fourth-order valence-corrected chi connectivity index (χ4v) is 3.11. The zero-order chi connectivity index (χ0) is 14.8. The first kappa shape index (κ1) is 16.4. The molecule has 1 aliphatic rings. The van der Waals surface area contributed by atoms with E-state index in [0.29, 0.717) is 12.5 Å². The van der Waals surface area contributed by atoms with Gasteiger partial charge in [-0.1, -0.05) is 20.8 Å². The summed E-state index contributed by atoms with van der Waals surface area (Å²) in [6.07, 6.45) is 1.83. The summed E-state index contributed by atoms with van der Waals surface area (Å²) in [5.74, 6) is 0.654. The highest BCUT2D eigenvalue weighted by atomic mass is 16.5. The molecule has 1 amide bonds. The lowest BCUT2D eigenvalue weighted by molar-refractivity contribution is -0.144. The van der Waals surface area contributed by atoms with Crippen LogP contribution in [0.3, 0.4) is 0 Å². The molecule has 1 rings (SSSR count). The molecule has 2 N–H and O–H groups in total. The Bertz CT molecular complexity index is 317. The minimum Gasteiger partial charge on any atom is -0.383 e. The molecule has 4 unspecified atom stereocenters. The Morgan fingerprint density at radius 3 is 2.58 bits per heavy atom. The molecule has 4 heteroatoms. The van der Waals surface area contributed by atoms with Crippen LogP contribution in [0.5, 0.6) is 0 Å². The summed E-state index contributed by atoms with van der Waals surface area (Å²) in [5, 5.41) is 0. The van der Waals surface area contributed by atoms with Gasteiger partial charge >= 0.3 is 0 Å². The van der Waals surface area contributed by atoms with E-state index in [1.807, 2.05) is 18.9 Å². The molecule has 1 aliphatic carbocycles. The fourth-order valence-electron chi connectivity index (χ4n) is 3.11. The molecule has 1 fully saturated rings. The number of carbonyl (C=O) groups excluding carboxylic acids is 1. The molecule has 0 aromatic rings. The Hall–Kier alpha value is -0.610. The molecule has 0 spiro atoms. The predicted molar refractivity (Wildman–Crippen MR) is 77.8 cm³/mol. The summed E-state index contributed by atoms with van der Waals surface area (Å²) in [7, 11) is 3.54. The third-order valence-electron chi connectivity index (χ3n) is 5.22. The second-order valence-electron chi connectivity index (χ2n) is 6.66. The van der Waals surface area contributed by atoms with Crippen molar-refractivity contribution in [2.24, 2.45) is 23.0 Å². The molecule has 0 aliphatic heterocycles. The topological polar surface area (TPSA) is 55.6 Å². The number of hydrogen-bond acceptors (Lipinski definition) is 3. The van der Waals surface area contributed by atoms with E-state index in [1.165, 1.54) is 0 Å². The largest absolute Gasteiger partial charge is 0.383 e. The van der Waals surface area contributed by atoms with Gasteiger partial charge in [0.15, 0.2) is 0 Å². The maximum Gasteiger partial charge on any atom is 0.226 e. The molecule has 1 saturated carbocycles. The minimum absolute atomic E-state index is 0.0458. The Balaban J connectivity index is 2.81. The zero-order valence-electron chi connectivity index (χ0n) is 13.3. The van der Waals surface area contributed by atoms with Crippen molar-refractivity contribution in [1.82, 2.24) is 4.90 Å². The first-order valence-corrected chi connectivity index (χ1v) is 7.24. The van der Waals surface area contributed by atoms with Crippen molar-refractivity contribution in [3.8, 4) is 0 Å². The number of ether oxygens (including phenoxy) is 1. The minimum atomic E-state index is -0.0458. The van der Waals surface area contributed by atoms with Gasteiger partial charge in [0.1, 0.15) is 0 Å². The maximum absolute atomic E-state index is 12.7. The summed E-state index contributed by atoms with van der Waals surface area (Å²) in [6, 6.07) is 0.319. The van der Waals surface area contributed by atoms with E-state index in [4.69, 9.17) is 10.5 Å². The quantitative estimate of drug-likeness (QED) is 0.848. The Morgan fingerprint density at radius 1 is 1.47 bits per heavy atom. The normalized spacial score (nSPS) is 31.8. The highest BCUT2D eigenvalue weighted by Crippen LogP contribution is 2.45. The van der Waals surface area contributed by atoms with Crippen LogP contribution < -0.4 is 5.73 Å². The van der Waals surface area contributed by atoms with Crippen molar-refractivity contribution in [3.05, 3.63) is 0 Å². The molecular formula is C15H30N2O2. The smallest absolute Gasteiger partial charge is 0.226 e. The van der Waals surface area contributed by atoms with Crippen LogP contribution in [-0.2, 0) is 9.53 Å². The Labute approximate surface area is 117 Å². The van der Waals surface area contributed by atoms with Crippen LogP contribution in [0.25, 0.3) is 0 Å². The second kappa shape index (κ2) is 6.23. The number of methoxy groups -OCH3 is 1. The van der Waals surface area contributed by atoms with E-state index in [0.717, 1.165) is 12.8 Å². The van der Waals surface area contributed by atoms with Crippen LogP contribution in [-0.4, -0.2) is 43.7 Å². The van der Waals surface area contributed by atoms with Crippen LogP contribution in [0.1, 0.15) is 40.5 Å².